The van der Waals surface area contributed by atoms with Gasteiger partial charge < -0.3 is 0 Å². The molecule has 0 unspecified atom stereocenters. The molecule has 0 radical (unpaired) electrons. The Hall–Kier alpha value is -2.76. The van der Waals surface area contributed by atoms with E-state index in [1.807, 2.05) is 0 Å². The van der Waals surface area contributed by atoms with Crippen LogP contribution in [0.15, 0.2) is 85.1 Å². The van der Waals surface area contributed by atoms with Crippen molar-refractivity contribution in [3.8, 4) is 22.4 Å². The van der Waals surface area contributed by atoms with Gasteiger partial charge in [-0.1, -0.05) is 107 Å². The lowest BCUT2D eigenvalue weighted by Crippen LogP contribution is -2.75. The highest BCUT2D eigenvalue weighted by molar-refractivity contribution is 7.20. The Morgan fingerprint density at radius 2 is 1.34 bits per heavy atom. The van der Waals surface area contributed by atoms with Crippen LogP contribution in [0.2, 0.25) is 25.2 Å². The van der Waals surface area contributed by atoms with E-state index in [2.05, 4.69) is 117 Å². The first-order valence-electron chi connectivity index (χ1n) is 11.7. The van der Waals surface area contributed by atoms with Crippen molar-refractivity contribution >= 4 is 36.9 Å². The second kappa shape index (κ2) is 6.87. The standard InChI is InChI=1S/C29H30NSi2/c1-21-9-5-6-10-24(21)25-19-23(15-16-30(25)2)22-13-14-27-29(20-22)32(17-18-32)28-12-8-7-11-26(28)31(27,3)4/h5-16,19-20H,17-18H2,1-4H3/q+1. The average molecular weight is 449 g/mol. The Kier molecular flexibility index (Phi) is 4.27. The van der Waals surface area contributed by atoms with Gasteiger partial charge in [0.1, 0.15) is 23.2 Å². The van der Waals surface area contributed by atoms with Crippen LogP contribution in [0, 0.1) is 6.92 Å². The van der Waals surface area contributed by atoms with E-state index in [4.69, 9.17) is 0 Å². The summed E-state index contributed by atoms with van der Waals surface area (Å²) in [6, 6.07) is 33.1. The van der Waals surface area contributed by atoms with Crippen LogP contribution in [-0.2, 0) is 7.05 Å². The Morgan fingerprint density at radius 1 is 0.688 bits per heavy atom. The third-order valence-electron chi connectivity index (χ3n) is 7.98. The Balaban J connectivity index is 1.52. The van der Waals surface area contributed by atoms with E-state index in [1.165, 1.54) is 40.0 Å². The lowest BCUT2D eigenvalue weighted by atomic mass is 10.0. The van der Waals surface area contributed by atoms with E-state index in [1.54, 1.807) is 20.7 Å². The van der Waals surface area contributed by atoms with Gasteiger partial charge in [-0.2, -0.15) is 0 Å². The molecule has 0 saturated carbocycles. The molecule has 2 aliphatic heterocycles. The van der Waals surface area contributed by atoms with Gasteiger partial charge >= 0.3 is 0 Å². The summed E-state index contributed by atoms with van der Waals surface area (Å²) in [4.78, 5) is 0. The third-order valence-corrected chi connectivity index (χ3v) is 16.5. The zero-order chi connectivity index (χ0) is 22.1. The molecule has 3 heterocycles. The number of hydrogen-bond acceptors (Lipinski definition) is 0. The van der Waals surface area contributed by atoms with Gasteiger partial charge in [0.2, 0.25) is 5.69 Å². The molecule has 0 amide bonds. The van der Waals surface area contributed by atoms with Gasteiger partial charge in [-0.25, -0.2) is 4.57 Å². The van der Waals surface area contributed by atoms with E-state index >= 15 is 0 Å². The second-order valence-electron chi connectivity index (χ2n) is 10.2. The average Bonchev–Trinajstić information content (AvgIpc) is 3.61. The third kappa shape index (κ3) is 2.77. The van der Waals surface area contributed by atoms with Gasteiger partial charge in [-0.05, 0) is 29.7 Å². The topological polar surface area (TPSA) is 3.88 Å². The Morgan fingerprint density at radius 3 is 2.09 bits per heavy atom. The van der Waals surface area contributed by atoms with Crippen LogP contribution in [0.4, 0.5) is 0 Å². The molecule has 0 bridgehead atoms. The normalized spacial score (nSPS) is 17.0. The van der Waals surface area contributed by atoms with Gasteiger partial charge in [0.25, 0.3) is 0 Å². The molecule has 1 fully saturated rings. The van der Waals surface area contributed by atoms with Crippen LogP contribution < -0.4 is 25.3 Å². The molecule has 158 valence electrons. The Labute approximate surface area is 193 Å². The number of aryl methyl sites for hydroxylation is 2. The summed E-state index contributed by atoms with van der Waals surface area (Å²) in [6.45, 7) is 7.30. The highest BCUT2D eigenvalue weighted by atomic mass is 28.3. The van der Waals surface area contributed by atoms with E-state index < -0.39 is 16.1 Å². The minimum absolute atomic E-state index is 1.27. The van der Waals surface area contributed by atoms with Crippen LogP contribution in [0.3, 0.4) is 0 Å². The van der Waals surface area contributed by atoms with Gasteiger partial charge in [-0.3, -0.25) is 0 Å². The molecule has 1 aromatic heterocycles. The van der Waals surface area contributed by atoms with Crippen molar-refractivity contribution in [2.75, 3.05) is 0 Å². The van der Waals surface area contributed by atoms with Crippen molar-refractivity contribution < 1.29 is 4.57 Å². The first kappa shape index (κ1) is 19.9. The van der Waals surface area contributed by atoms with Gasteiger partial charge in [0, 0.05) is 17.7 Å². The maximum Gasteiger partial charge on any atom is 0.213 e. The lowest BCUT2D eigenvalue weighted by molar-refractivity contribution is -0.660. The van der Waals surface area contributed by atoms with Crippen LogP contribution in [0.5, 0.6) is 0 Å². The molecule has 3 heteroatoms. The van der Waals surface area contributed by atoms with Crippen molar-refractivity contribution in [1.29, 1.82) is 0 Å². The summed E-state index contributed by atoms with van der Waals surface area (Å²) in [5.74, 6) is 0. The summed E-state index contributed by atoms with van der Waals surface area (Å²) in [7, 11) is -1.01. The monoisotopic (exact) mass is 448 g/mol. The summed E-state index contributed by atoms with van der Waals surface area (Å²) in [6.07, 6.45) is 2.22. The highest BCUT2D eigenvalue weighted by Crippen LogP contribution is 2.38. The first-order chi connectivity index (χ1) is 15.4. The molecule has 1 saturated heterocycles. The highest BCUT2D eigenvalue weighted by Gasteiger charge is 2.56. The minimum Gasteiger partial charge on any atom is -0.201 e. The fourth-order valence-corrected chi connectivity index (χ4v) is 16.5. The zero-order valence-corrected chi connectivity index (χ0v) is 21.4. The number of hydrogen-bond donors (Lipinski definition) is 0. The molecule has 0 aliphatic carbocycles. The number of pyridine rings is 1. The molecular formula is C29H30NSi2+. The van der Waals surface area contributed by atoms with Gasteiger partial charge in [0.05, 0.1) is 0 Å². The van der Waals surface area contributed by atoms with Gasteiger partial charge in [0.15, 0.2) is 6.20 Å². The number of benzene rings is 3. The quantitative estimate of drug-likeness (QED) is 0.324. The van der Waals surface area contributed by atoms with E-state index in [0.717, 1.165) is 0 Å². The summed E-state index contributed by atoms with van der Waals surface area (Å²) in [5, 5.41) is 6.90. The van der Waals surface area contributed by atoms with Crippen LogP contribution in [0.25, 0.3) is 22.4 Å². The van der Waals surface area contributed by atoms with Crippen molar-refractivity contribution in [3.63, 3.8) is 0 Å². The number of fused-ring (bicyclic) bond motifs is 4. The van der Waals surface area contributed by atoms with Crippen LogP contribution in [-0.4, -0.2) is 16.1 Å². The summed E-state index contributed by atoms with van der Waals surface area (Å²) in [5.41, 5.74) is 6.61. The predicted octanol–water partition coefficient (Wildman–Crippen LogP) is 3.87. The molecule has 0 N–H and O–H groups in total. The molecular weight excluding hydrogens is 418 g/mol. The largest absolute Gasteiger partial charge is 0.213 e. The minimum atomic E-state index is -1.65. The fourth-order valence-electron chi connectivity index (χ4n) is 5.94. The molecule has 3 aromatic carbocycles. The summed E-state index contributed by atoms with van der Waals surface area (Å²) < 4.78 is 2.24. The maximum atomic E-state index is 2.59. The van der Waals surface area contributed by atoms with Crippen LogP contribution >= 0.6 is 0 Å². The number of nitrogens with zero attached hydrogens (tertiary/aromatic N) is 1. The van der Waals surface area contributed by atoms with Crippen molar-refractivity contribution in [3.05, 3.63) is 90.6 Å². The first-order valence-corrected chi connectivity index (χ1v) is 17.1. The fraction of sp³-hybridized carbons (Fsp3) is 0.207. The van der Waals surface area contributed by atoms with E-state index in [0.29, 0.717) is 0 Å². The molecule has 32 heavy (non-hydrogen) atoms. The van der Waals surface area contributed by atoms with Crippen molar-refractivity contribution in [1.82, 2.24) is 0 Å². The molecule has 2 aliphatic rings. The zero-order valence-electron chi connectivity index (χ0n) is 19.4. The van der Waals surface area contributed by atoms with E-state index in [9.17, 15) is 0 Å². The predicted molar refractivity (Wildman–Crippen MR) is 141 cm³/mol. The number of rotatable bonds is 2. The second-order valence-corrected chi connectivity index (χ2v) is 18.8. The Bertz CT molecular complexity index is 1380. The summed E-state index contributed by atoms with van der Waals surface area (Å²) >= 11 is 0. The number of aromatic nitrogens is 1. The molecule has 1 spiro atoms. The SMILES string of the molecule is Cc1ccccc1-c1cc(-c2ccc3c(c2)[Si]2(CC2)c2ccccc2[Si]3(C)C)cc[n+]1C. The molecule has 4 aromatic rings. The molecule has 1 nitrogen and oxygen atoms in total. The molecule has 0 atom stereocenters. The lowest BCUT2D eigenvalue weighted by Gasteiger charge is -2.38. The van der Waals surface area contributed by atoms with E-state index in [-0.39, 0.29) is 0 Å². The maximum absolute atomic E-state index is 2.59. The van der Waals surface area contributed by atoms with Crippen LogP contribution in [0.1, 0.15) is 5.56 Å². The van der Waals surface area contributed by atoms with Crippen molar-refractivity contribution in [2.24, 2.45) is 7.05 Å². The van der Waals surface area contributed by atoms with Crippen molar-refractivity contribution in [2.45, 2.75) is 32.1 Å². The molecule has 6 rings (SSSR count). The smallest absolute Gasteiger partial charge is 0.201 e. The van der Waals surface area contributed by atoms with Gasteiger partial charge in [-0.15, -0.1) is 0 Å².